The summed E-state index contributed by atoms with van der Waals surface area (Å²) in [6, 6.07) is 8.03. The number of furan rings is 1. The molecule has 0 amide bonds. The lowest BCUT2D eigenvalue weighted by molar-refractivity contribution is 0.0794. The van der Waals surface area contributed by atoms with Crippen molar-refractivity contribution < 1.29 is 13.9 Å². The van der Waals surface area contributed by atoms with Crippen LogP contribution in [0.3, 0.4) is 0 Å². The third kappa shape index (κ3) is 6.20. The summed E-state index contributed by atoms with van der Waals surface area (Å²) >= 11 is 1.90. The van der Waals surface area contributed by atoms with Crippen molar-refractivity contribution in [3.63, 3.8) is 0 Å². The molecule has 1 fully saturated rings. The minimum atomic E-state index is -0.0189. The Morgan fingerprint density at radius 3 is 2.73 bits per heavy atom. The largest absolute Gasteiger partial charge is 0.490 e. The van der Waals surface area contributed by atoms with E-state index in [1.165, 1.54) is 0 Å². The van der Waals surface area contributed by atoms with Crippen LogP contribution in [-0.4, -0.2) is 49.9 Å². The predicted octanol–water partition coefficient (Wildman–Crippen LogP) is 4.98. The predicted molar refractivity (Wildman–Crippen MR) is 137 cm³/mol. The van der Waals surface area contributed by atoms with Crippen LogP contribution in [0.15, 0.2) is 33.7 Å². The standard InChI is InChI=1S/C22H33N3O3S.HI/c1-5-23-21(24-15-22(29-4)10-12-26-13-11-22)25-16(3)19-14-17-8-7-9-18(27-6-2)20(17)28-19;/h7-9,14,16H,5-6,10-13,15H2,1-4H3,(H2,23,24,25);1H. The Morgan fingerprint density at radius 2 is 2.07 bits per heavy atom. The molecule has 6 nitrogen and oxygen atoms in total. The molecule has 3 rings (SSSR count). The van der Waals surface area contributed by atoms with Crippen molar-refractivity contribution in [2.75, 3.05) is 39.2 Å². The van der Waals surface area contributed by atoms with E-state index in [4.69, 9.17) is 18.9 Å². The van der Waals surface area contributed by atoms with E-state index in [9.17, 15) is 0 Å². The third-order valence-electron chi connectivity index (χ3n) is 5.31. The van der Waals surface area contributed by atoms with Crippen LogP contribution in [0.1, 0.15) is 45.4 Å². The molecule has 0 radical (unpaired) electrons. The maximum Gasteiger partial charge on any atom is 0.191 e. The van der Waals surface area contributed by atoms with Gasteiger partial charge in [0, 0.05) is 29.9 Å². The zero-order valence-corrected chi connectivity index (χ0v) is 21.5. The Kier molecular flexibility index (Phi) is 10.1. The first-order valence-corrected chi connectivity index (χ1v) is 11.7. The number of rotatable bonds is 8. The van der Waals surface area contributed by atoms with Gasteiger partial charge in [-0.25, -0.2) is 0 Å². The highest BCUT2D eigenvalue weighted by Crippen LogP contribution is 2.34. The van der Waals surface area contributed by atoms with Crippen LogP contribution in [0.25, 0.3) is 11.0 Å². The SMILES string of the molecule is CCNC(=NCC1(SC)CCOCC1)NC(C)c1cc2cccc(OCC)c2o1.I. The molecule has 1 aliphatic rings. The van der Waals surface area contributed by atoms with E-state index in [2.05, 4.69) is 36.8 Å². The van der Waals surface area contributed by atoms with Gasteiger partial charge in [0.15, 0.2) is 17.3 Å². The number of halogens is 1. The summed E-state index contributed by atoms with van der Waals surface area (Å²) in [7, 11) is 0. The van der Waals surface area contributed by atoms with Crippen molar-refractivity contribution in [1.82, 2.24) is 10.6 Å². The Bertz CT molecular complexity index is 821. The van der Waals surface area contributed by atoms with Gasteiger partial charge in [-0.2, -0.15) is 11.8 Å². The molecule has 1 aliphatic heterocycles. The van der Waals surface area contributed by atoms with Crippen molar-refractivity contribution in [3.8, 4) is 5.75 Å². The number of guanidine groups is 1. The molecule has 8 heteroatoms. The number of hydrogen-bond donors (Lipinski definition) is 2. The minimum absolute atomic E-state index is 0. The maximum atomic E-state index is 6.14. The second-order valence-electron chi connectivity index (χ2n) is 7.32. The number of nitrogens with one attached hydrogen (secondary N) is 2. The number of fused-ring (bicyclic) bond motifs is 1. The van der Waals surface area contributed by atoms with Gasteiger partial charge in [-0.1, -0.05) is 12.1 Å². The first-order valence-electron chi connectivity index (χ1n) is 10.4. The lowest BCUT2D eigenvalue weighted by Crippen LogP contribution is -2.41. The lowest BCUT2D eigenvalue weighted by Gasteiger charge is -2.34. The van der Waals surface area contributed by atoms with Crippen molar-refractivity contribution in [2.45, 2.75) is 44.4 Å². The summed E-state index contributed by atoms with van der Waals surface area (Å²) in [5.41, 5.74) is 0.795. The highest BCUT2D eigenvalue weighted by atomic mass is 127. The molecule has 1 aromatic heterocycles. The van der Waals surface area contributed by atoms with Crippen LogP contribution in [0.2, 0.25) is 0 Å². The van der Waals surface area contributed by atoms with Crippen LogP contribution >= 0.6 is 35.7 Å². The summed E-state index contributed by atoms with van der Waals surface area (Å²) in [5.74, 6) is 2.46. The van der Waals surface area contributed by atoms with Gasteiger partial charge in [-0.15, -0.1) is 24.0 Å². The molecule has 1 unspecified atom stereocenters. The van der Waals surface area contributed by atoms with Gasteiger partial charge in [0.05, 0.1) is 19.2 Å². The van der Waals surface area contributed by atoms with Crippen LogP contribution in [0, 0.1) is 0 Å². The molecule has 0 saturated carbocycles. The summed E-state index contributed by atoms with van der Waals surface area (Å²) < 4.78 is 17.5. The molecule has 2 N–H and O–H groups in total. The zero-order chi connectivity index (χ0) is 20.7. The van der Waals surface area contributed by atoms with Crippen molar-refractivity contribution in [2.24, 2.45) is 4.99 Å². The molecule has 1 saturated heterocycles. The summed E-state index contributed by atoms with van der Waals surface area (Å²) in [6.45, 7) is 9.97. The fourth-order valence-corrected chi connectivity index (χ4v) is 4.30. The summed E-state index contributed by atoms with van der Waals surface area (Å²) in [6.07, 6.45) is 4.25. The first-order chi connectivity index (χ1) is 14.1. The second-order valence-corrected chi connectivity index (χ2v) is 8.59. The number of thioether (sulfide) groups is 1. The molecule has 0 aliphatic carbocycles. The Hall–Kier alpha value is -1.13. The number of ether oxygens (including phenoxy) is 2. The van der Waals surface area contributed by atoms with Gasteiger partial charge >= 0.3 is 0 Å². The van der Waals surface area contributed by atoms with E-state index in [-0.39, 0.29) is 34.8 Å². The average Bonchev–Trinajstić information content (AvgIpc) is 3.19. The minimum Gasteiger partial charge on any atom is -0.490 e. The van der Waals surface area contributed by atoms with Gasteiger partial charge < -0.3 is 24.5 Å². The smallest absolute Gasteiger partial charge is 0.191 e. The number of hydrogen-bond acceptors (Lipinski definition) is 5. The van der Waals surface area contributed by atoms with E-state index in [0.717, 1.165) is 67.6 Å². The van der Waals surface area contributed by atoms with Crippen LogP contribution < -0.4 is 15.4 Å². The molecule has 1 atom stereocenters. The molecule has 168 valence electrons. The van der Waals surface area contributed by atoms with E-state index >= 15 is 0 Å². The maximum absolute atomic E-state index is 6.14. The number of aliphatic imine (C=N–C) groups is 1. The lowest BCUT2D eigenvalue weighted by atomic mass is 9.99. The molecule has 0 bridgehead atoms. The summed E-state index contributed by atoms with van der Waals surface area (Å²) in [5, 5.41) is 7.90. The van der Waals surface area contributed by atoms with Gasteiger partial charge in [0.1, 0.15) is 5.76 Å². The molecule has 1 aromatic carbocycles. The van der Waals surface area contributed by atoms with Crippen LogP contribution in [0.5, 0.6) is 5.75 Å². The van der Waals surface area contributed by atoms with Crippen molar-refractivity contribution in [1.29, 1.82) is 0 Å². The Morgan fingerprint density at radius 1 is 1.30 bits per heavy atom. The van der Waals surface area contributed by atoms with E-state index in [1.807, 2.05) is 36.9 Å². The Balaban J connectivity index is 0.00000320. The molecule has 30 heavy (non-hydrogen) atoms. The molecule has 2 aromatic rings. The van der Waals surface area contributed by atoms with Crippen molar-refractivity contribution >= 4 is 52.7 Å². The average molecular weight is 548 g/mol. The molecule has 2 heterocycles. The normalized spacial score (nSPS) is 17.3. The molecular weight excluding hydrogens is 513 g/mol. The fraction of sp³-hybridized carbons (Fsp3) is 0.591. The van der Waals surface area contributed by atoms with Gasteiger partial charge in [0.2, 0.25) is 0 Å². The monoisotopic (exact) mass is 547 g/mol. The number of benzene rings is 1. The Labute approximate surface area is 200 Å². The highest BCUT2D eigenvalue weighted by Gasteiger charge is 2.31. The van der Waals surface area contributed by atoms with E-state index in [1.54, 1.807) is 0 Å². The van der Waals surface area contributed by atoms with Gasteiger partial charge in [-0.05, 0) is 52.0 Å². The van der Waals surface area contributed by atoms with Crippen LogP contribution in [0.4, 0.5) is 0 Å². The second kappa shape index (κ2) is 12.0. The first kappa shape index (κ1) is 25.1. The quantitative estimate of drug-likeness (QED) is 0.276. The highest BCUT2D eigenvalue weighted by molar-refractivity contribution is 14.0. The number of nitrogens with zero attached hydrogens (tertiary/aromatic N) is 1. The van der Waals surface area contributed by atoms with Crippen LogP contribution in [-0.2, 0) is 4.74 Å². The zero-order valence-electron chi connectivity index (χ0n) is 18.3. The molecule has 0 spiro atoms. The topological polar surface area (TPSA) is 68.0 Å². The van der Waals surface area contributed by atoms with Crippen molar-refractivity contribution in [3.05, 3.63) is 30.0 Å². The number of para-hydroxylation sites is 1. The summed E-state index contributed by atoms with van der Waals surface area (Å²) in [4.78, 5) is 4.90. The fourth-order valence-electron chi connectivity index (χ4n) is 3.53. The van der Waals surface area contributed by atoms with Gasteiger partial charge in [0.25, 0.3) is 0 Å². The van der Waals surface area contributed by atoms with Gasteiger partial charge in [-0.3, -0.25) is 4.99 Å². The van der Waals surface area contributed by atoms with E-state index < -0.39 is 0 Å². The van der Waals surface area contributed by atoms with E-state index in [0.29, 0.717) is 6.61 Å². The molecular formula is C22H34IN3O3S. The third-order valence-corrected chi connectivity index (χ3v) is 6.72.